The Morgan fingerprint density at radius 3 is 2.67 bits per heavy atom. The van der Waals surface area contributed by atoms with Gasteiger partial charge in [-0.1, -0.05) is 30.3 Å². The molecule has 1 aromatic carbocycles. The third kappa shape index (κ3) is 4.22. The summed E-state index contributed by atoms with van der Waals surface area (Å²) in [5.41, 5.74) is 4.57. The molecule has 4 nitrogen and oxygen atoms in total. The fraction of sp³-hybridized carbons (Fsp3) is 0.348. The van der Waals surface area contributed by atoms with Gasteiger partial charge >= 0.3 is 0 Å². The molecule has 3 heterocycles. The fourth-order valence-electron chi connectivity index (χ4n) is 3.90. The molecule has 0 saturated carbocycles. The summed E-state index contributed by atoms with van der Waals surface area (Å²) in [5, 5.41) is 3.13. The lowest BCUT2D eigenvalue weighted by Gasteiger charge is -2.32. The molecule has 0 bridgehead atoms. The molecule has 1 N–H and O–H groups in total. The molecule has 4 rings (SSSR count). The Morgan fingerprint density at radius 1 is 1.11 bits per heavy atom. The zero-order chi connectivity index (χ0) is 18.6. The molecular weight excluding hydrogens is 334 g/mol. The molecule has 0 radical (unpaired) electrons. The van der Waals surface area contributed by atoms with Crippen LogP contribution in [-0.2, 0) is 6.54 Å². The van der Waals surface area contributed by atoms with E-state index in [0.29, 0.717) is 5.92 Å². The van der Waals surface area contributed by atoms with Crippen LogP contribution in [-0.4, -0.2) is 34.8 Å². The van der Waals surface area contributed by atoms with Crippen LogP contribution >= 0.6 is 0 Å². The van der Waals surface area contributed by atoms with Crippen LogP contribution < -0.4 is 5.32 Å². The van der Waals surface area contributed by atoms with E-state index in [1.807, 2.05) is 41.1 Å². The Bertz CT molecular complexity index is 889. The molecule has 4 heteroatoms. The second-order valence-corrected chi connectivity index (χ2v) is 7.62. The molecule has 0 spiro atoms. The van der Waals surface area contributed by atoms with Crippen molar-refractivity contribution >= 4 is 11.4 Å². The molecule has 0 unspecified atom stereocenters. The van der Waals surface area contributed by atoms with Crippen LogP contribution in [0.1, 0.15) is 34.3 Å². The van der Waals surface area contributed by atoms with E-state index < -0.39 is 0 Å². The number of hydrogen-bond donors (Lipinski definition) is 1. The van der Waals surface area contributed by atoms with Crippen LogP contribution in [0.15, 0.2) is 60.9 Å². The van der Waals surface area contributed by atoms with Gasteiger partial charge < -0.3 is 9.72 Å². The molecule has 0 aliphatic carbocycles. The molecule has 1 aliphatic heterocycles. The number of hydrogen-bond acceptors (Lipinski definition) is 2. The third-order valence-electron chi connectivity index (χ3n) is 5.68. The Balaban J connectivity index is 1.25. The summed E-state index contributed by atoms with van der Waals surface area (Å²) in [5.74, 6) is 0.597. The lowest BCUT2D eigenvalue weighted by atomic mass is 9.96. The number of nitrogens with zero attached hydrogens (tertiary/aromatic N) is 2. The maximum absolute atomic E-state index is 12.5. The SMILES string of the molecule is Cc1ccccc1CN1CCC(CNC(=O)c2cc3ccccn3c2)CC1. The number of carbonyl (C=O) groups is 1. The van der Waals surface area contributed by atoms with Crippen LogP contribution in [0.2, 0.25) is 0 Å². The van der Waals surface area contributed by atoms with Gasteiger partial charge in [0.25, 0.3) is 5.91 Å². The van der Waals surface area contributed by atoms with Crippen molar-refractivity contribution in [1.82, 2.24) is 14.6 Å². The van der Waals surface area contributed by atoms with Crippen LogP contribution in [0, 0.1) is 12.8 Å². The highest BCUT2D eigenvalue weighted by Gasteiger charge is 2.20. The number of pyridine rings is 1. The first-order valence-electron chi connectivity index (χ1n) is 9.81. The van der Waals surface area contributed by atoms with E-state index in [2.05, 4.69) is 41.4 Å². The Kier molecular flexibility index (Phi) is 5.26. The monoisotopic (exact) mass is 361 g/mol. The quantitative estimate of drug-likeness (QED) is 0.748. The Labute approximate surface area is 160 Å². The number of benzene rings is 1. The number of aromatic nitrogens is 1. The van der Waals surface area contributed by atoms with Gasteiger partial charge in [-0.05, 0) is 68.1 Å². The standard InChI is InChI=1S/C23H27N3O/c1-18-6-2-3-7-20(18)16-25-12-9-19(10-13-25)15-24-23(27)21-14-22-8-4-5-11-26(22)17-21/h2-8,11,14,17,19H,9-10,12-13,15-16H2,1H3,(H,24,27). The van der Waals surface area contributed by atoms with Gasteiger partial charge in [-0.25, -0.2) is 0 Å². The lowest BCUT2D eigenvalue weighted by molar-refractivity contribution is 0.0935. The van der Waals surface area contributed by atoms with E-state index in [-0.39, 0.29) is 5.91 Å². The van der Waals surface area contributed by atoms with Gasteiger partial charge in [0.2, 0.25) is 0 Å². The van der Waals surface area contributed by atoms with Crippen molar-refractivity contribution < 1.29 is 4.79 Å². The highest BCUT2D eigenvalue weighted by molar-refractivity contribution is 5.95. The van der Waals surface area contributed by atoms with Gasteiger partial charge in [0.05, 0.1) is 5.56 Å². The highest BCUT2D eigenvalue weighted by Crippen LogP contribution is 2.20. The lowest BCUT2D eigenvalue weighted by Crippen LogP contribution is -2.38. The average molecular weight is 361 g/mol. The number of amides is 1. The molecule has 27 heavy (non-hydrogen) atoms. The number of piperidine rings is 1. The summed E-state index contributed by atoms with van der Waals surface area (Å²) < 4.78 is 1.99. The smallest absolute Gasteiger partial charge is 0.252 e. The van der Waals surface area contributed by atoms with Gasteiger partial charge in [-0.2, -0.15) is 0 Å². The summed E-state index contributed by atoms with van der Waals surface area (Å²) in [6, 6.07) is 16.5. The highest BCUT2D eigenvalue weighted by atomic mass is 16.1. The van der Waals surface area contributed by atoms with Crippen molar-refractivity contribution in [3.8, 4) is 0 Å². The largest absolute Gasteiger partial charge is 0.352 e. The topological polar surface area (TPSA) is 36.8 Å². The second-order valence-electron chi connectivity index (χ2n) is 7.62. The molecule has 2 aromatic heterocycles. The summed E-state index contributed by atoms with van der Waals surface area (Å²) in [4.78, 5) is 15.0. The van der Waals surface area contributed by atoms with Crippen molar-refractivity contribution in [1.29, 1.82) is 0 Å². The van der Waals surface area contributed by atoms with Crippen molar-refractivity contribution in [3.63, 3.8) is 0 Å². The normalized spacial score (nSPS) is 15.9. The molecule has 1 fully saturated rings. The minimum absolute atomic E-state index is 0.0287. The zero-order valence-electron chi connectivity index (χ0n) is 15.9. The molecule has 0 atom stereocenters. The van der Waals surface area contributed by atoms with Crippen molar-refractivity contribution in [2.24, 2.45) is 5.92 Å². The summed E-state index contributed by atoms with van der Waals surface area (Å²) in [6.07, 6.45) is 6.15. The van der Waals surface area contributed by atoms with Crippen LogP contribution in [0.4, 0.5) is 0 Å². The minimum Gasteiger partial charge on any atom is -0.352 e. The van der Waals surface area contributed by atoms with Crippen molar-refractivity contribution in [3.05, 3.63) is 77.6 Å². The Hall–Kier alpha value is -2.59. The van der Waals surface area contributed by atoms with Crippen LogP contribution in [0.25, 0.3) is 5.52 Å². The number of rotatable bonds is 5. The number of fused-ring (bicyclic) bond motifs is 1. The maximum Gasteiger partial charge on any atom is 0.252 e. The van der Waals surface area contributed by atoms with Crippen LogP contribution in [0.5, 0.6) is 0 Å². The molecule has 140 valence electrons. The first-order chi connectivity index (χ1) is 13.2. The molecule has 1 amide bonds. The molecular formula is C23H27N3O. The minimum atomic E-state index is 0.0287. The fourth-order valence-corrected chi connectivity index (χ4v) is 3.90. The number of aryl methyl sites for hydroxylation is 1. The Morgan fingerprint density at radius 2 is 1.89 bits per heavy atom. The summed E-state index contributed by atoms with van der Waals surface area (Å²) in [7, 11) is 0. The molecule has 3 aromatic rings. The third-order valence-corrected chi connectivity index (χ3v) is 5.68. The second kappa shape index (κ2) is 7.97. The maximum atomic E-state index is 12.5. The predicted molar refractivity (Wildman–Crippen MR) is 109 cm³/mol. The van der Waals surface area contributed by atoms with Gasteiger partial charge in [0.1, 0.15) is 0 Å². The average Bonchev–Trinajstić information content (AvgIpc) is 3.13. The van der Waals surface area contributed by atoms with Crippen LogP contribution in [0.3, 0.4) is 0 Å². The van der Waals surface area contributed by atoms with Gasteiger partial charge in [-0.15, -0.1) is 0 Å². The van der Waals surface area contributed by atoms with Crippen molar-refractivity contribution in [2.75, 3.05) is 19.6 Å². The van der Waals surface area contributed by atoms with E-state index in [4.69, 9.17) is 0 Å². The predicted octanol–water partition coefficient (Wildman–Crippen LogP) is 3.89. The van der Waals surface area contributed by atoms with Gasteiger partial charge in [-0.3, -0.25) is 9.69 Å². The number of likely N-dealkylation sites (tertiary alicyclic amines) is 1. The van der Waals surface area contributed by atoms with Crippen molar-refractivity contribution in [2.45, 2.75) is 26.3 Å². The van der Waals surface area contributed by atoms with E-state index in [1.165, 1.54) is 11.1 Å². The van der Waals surface area contributed by atoms with Gasteiger partial charge in [0.15, 0.2) is 0 Å². The number of nitrogens with one attached hydrogen (secondary N) is 1. The molecule has 1 aliphatic rings. The number of carbonyl (C=O) groups excluding carboxylic acids is 1. The van der Waals surface area contributed by atoms with E-state index >= 15 is 0 Å². The van der Waals surface area contributed by atoms with Gasteiger partial charge in [0, 0.05) is 31.0 Å². The first-order valence-corrected chi connectivity index (χ1v) is 9.81. The van der Waals surface area contributed by atoms with E-state index in [1.54, 1.807) is 0 Å². The van der Waals surface area contributed by atoms with E-state index in [0.717, 1.165) is 50.1 Å². The van der Waals surface area contributed by atoms with E-state index in [9.17, 15) is 4.79 Å². The summed E-state index contributed by atoms with van der Waals surface area (Å²) >= 11 is 0. The summed E-state index contributed by atoms with van der Waals surface area (Å²) in [6.45, 7) is 6.19. The molecule has 1 saturated heterocycles. The zero-order valence-corrected chi connectivity index (χ0v) is 15.9. The first kappa shape index (κ1) is 17.8.